The van der Waals surface area contributed by atoms with Gasteiger partial charge in [0.25, 0.3) is 0 Å². The van der Waals surface area contributed by atoms with Crippen LogP contribution < -0.4 is 0 Å². The number of rotatable bonds is 2. The summed E-state index contributed by atoms with van der Waals surface area (Å²) in [5.41, 5.74) is -15.9. The van der Waals surface area contributed by atoms with E-state index in [4.69, 9.17) is 10.2 Å². The smallest absolute Gasteiger partial charge is 0.333 e. The van der Waals surface area contributed by atoms with E-state index in [1.54, 1.807) is 0 Å². The Bertz CT molecular complexity index is 452. The molecule has 0 aliphatic heterocycles. The Morgan fingerprint density at radius 3 is 0.625 bits per heavy atom. The molecule has 1 saturated carbocycles. The Kier molecular flexibility index (Phi) is 3.82. The molecule has 16 heteroatoms. The molecular weight excluding hydrogens is 394 g/mol. The van der Waals surface area contributed by atoms with Gasteiger partial charge in [-0.3, -0.25) is 0 Å². The number of hydrogen-bond acceptors (Lipinski definition) is 2. The van der Waals surface area contributed by atoms with Crippen molar-refractivity contribution in [3.8, 4) is 0 Å². The quantitative estimate of drug-likeness (QED) is 0.705. The zero-order valence-electron chi connectivity index (χ0n) is 10.2. The first-order chi connectivity index (χ1) is 10.0. The zero-order valence-corrected chi connectivity index (χ0v) is 10.2. The molecule has 1 aliphatic carbocycles. The molecule has 0 aromatic heterocycles. The van der Waals surface area contributed by atoms with Gasteiger partial charge in [0.15, 0.2) is 0 Å². The Morgan fingerprint density at radius 2 is 0.542 bits per heavy atom. The van der Waals surface area contributed by atoms with E-state index in [0.29, 0.717) is 0 Å². The van der Waals surface area contributed by atoms with Gasteiger partial charge in [0.05, 0.1) is 0 Å². The van der Waals surface area contributed by atoms with Gasteiger partial charge in [0.1, 0.15) is 0 Å². The minimum absolute atomic E-state index is 7.39. The van der Waals surface area contributed by atoms with E-state index in [1.165, 1.54) is 0 Å². The SMILES string of the molecule is OC(F)(F)C1(F)C(F)(F)C(F)(F)C(F)(C(O)(F)F)C(F)(F)C1(F)F. The van der Waals surface area contributed by atoms with Crippen LogP contribution in [0.1, 0.15) is 0 Å². The predicted molar refractivity (Wildman–Crippen MR) is 41.8 cm³/mol. The molecule has 1 aliphatic rings. The molecule has 2 nitrogen and oxygen atoms in total. The van der Waals surface area contributed by atoms with E-state index in [0.717, 1.165) is 0 Å². The van der Waals surface area contributed by atoms with Gasteiger partial charge in [-0.05, 0) is 0 Å². The molecule has 0 bridgehead atoms. The second kappa shape index (κ2) is 4.37. The van der Waals surface area contributed by atoms with Crippen LogP contribution in [0.25, 0.3) is 0 Å². The second-order valence-corrected chi connectivity index (χ2v) is 4.70. The largest absolute Gasteiger partial charge is 0.400 e. The van der Waals surface area contributed by atoms with Crippen LogP contribution >= 0.6 is 0 Å². The van der Waals surface area contributed by atoms with Gasteiger partial charge in [-0.15, -0.1) is 0 Å². The summed E-state index contributed by atoms with van der Waals surface area (Å²) in [5, 5.41) is 15.4. The average Bonchev–Trinajstić information content (AvgIpc) is 2.31. The highest BCUT2D eigenvalue weighted by Gasteiger charge is 3.07. The van der Waals surface area contributed by atoms with E-state index in [2.05, 4.69) is 0 Å². The lowest BCUT2D eigenvalue weighted by molar-refractivity contribution is -0.535. The normalized spacial score (nSPS) is 38.0. The average molecular weight is 396 g/mol. The molecule has 2 N–H and O–H groups in total. The summed E-state index contributed by atoms with van der Waals surface area (Å²) in [4.78, 5) is 0. The highest BCUT2D eigenvalue weighted by molar-refractivity contribution is 5.32. The molecule has 0 aromatic carbocycles. The van der Waals surface area contributed by atoms with Crippen molar-refractivity contribution >= 4 is 0 Å². The molecule has 0 atom stereocenters. The van der Waals surface area contributed by atoms with Crippen LogP contribution in [-0.2, 0) is 0 Å². The van der Waals surface area contributed by atoms with Gasteiger partial charge in [-0.2, -0.15) is 52.7 Å². The van der Waals surface area contributed by atoms with Gasteiger partial charge in [0.2, 0.25) is 0 Å². The van der Waals surface area contributed by atoms with Crippen molar-refractivity contribution < 1.29 is 71.7 Å². The Morgan fingerprint density at radius 1 is 0.417 bits per heavy atom. The van der Waals surface area contributed by atoms with E-state index in [9.17, 15) is 61.5 Å². The van der Waals surface area contributed by atoms with Crippen LogP contribution in [0.5, 0.6) is 0 Å². The second-order valence-electron chi connectivity index (χ2n) is 4.70. The molecule has 24 heavy (non-hydrogen) atoms. The van der Waals surface area contributed by atoms with Gasteiger partial charge in [-0.25, -0.2) is 8.78 Å². The molecule has 0 radical (unpaired) electrons. The highest BCUT2D eigenvalue weighted by Crippen LogP contribution is 2.73. The fourth-order valence-corrected chi connectivity index (χ4v) is 2.02. The van der Waals surface area contributed by atoms with E-state index in [1.807, 2.05) is 0 Å². The predicted octanol–water partition coefficient (Wildman–Crippen LogP) is 3.13. The molecule has 1 rings (SSSR count). The van der Waals surface area contributed by atoms with Crippen LogP contribution in [0, 0.1) is 0 Å². The van der Waals surface area contributed by atoms with Crippen LogP contribution in [0.3, 0.4) is 0 Å². The molecule has 0 aromatic rings. The van der Waals surface area contributed by atoms with Gasteiger partial charge in [-0.1, -0.05) is 0 Å². The van der Waals surface area contributed by atoms with Crippen LogP contribution in [-0.4, -0.2) is 57.5 Å². The Balaban J connectivity index is 4.10. The van der Waals surface area contributed by atoms with Gasteiger partial charge in [0, 0.05) is 0 Å². The fourth-order valence-electron chi connectivity index (χ4n) is 2.02. The van der Waals surface area contributed by atoms with Gasteiger partial charge < -0.3 is 10.2 Å². The number of alkyl halides is 14. The summed E-state index contributed by atoms with van der Waals surface area (Å²) in [5.74, 6) is -32.2. The third-order valence-electron chi connectivity index (χ3n) is 3.35. The summed E-state index contributed by atoms with van der Waals surface area (Å²) in [6.45, 7) is 0. The summed E-state index contributed by atoms with van der Waals surface area (Å²) in [7, 11) is 0. The van der Waals surface area contributed by atoms with Gasteiger partial charge >= 0.3 is 47.2 Å². The van der Waals surface area contributed by atoms with Crippen molar-refractivity contribution in [1.82, 2.24) is 0 Å². The van der Waals surface area contributed by atoms with Crippen LogP contribution in [0.4, 0.5) is 61.5 Å². The van der Waals surface area contributed by atoms with Crippen molar-refractivity contribution in [2.24, 2.45) is 0 Å². The lowest BCUT2D eigenvalue weighted by Gasteiger charge is -2.55. The zero-order chi connectivity index (χ0) is 20.0. The third-order valence-corrected chi connectivity index (χ3v) is 3.35. The molecule has 0 unspecified atom stereocenters. The van der Waals surface area contributed by atoms with Crippen molar-refractivity contribution in [2.75, 3.05) is 0 Å². The van der Waals surface area contributed by atoms with E-state index < -0.39 is 47.2 Å². The molecule has 0 amide bonds. The molecule has 0 heterocycles. The van der Waals surface area contributed by atoms with Crippen LogP contribution in [0.15, 0.2) is 0 Å². The summed E-state index contributed by atoms with van der Waals surface area (Å²) in [6.07, 6.45) is -14.8. The summed E-state index contributed by atoms with van der Waals surface area (Å²) >= 11 is 0. The fraction of sp³-hybridized carbons (Fsp3) is 1.00. The minimum atomic E-state index is -8.05. The van der Waals surface area contributed by atoms with E-state index >= 15 is 0 Å². The van der Waals surface area contributed by atoms with Crippen LogP contribution in [0.2, 0.25) is 0 Å². The molecule has 1 fully saturated rings. The maximum absolute atomic E-state index is 13.4. The molecule has 0 saturated heterocycles. The number of hydrogen-bond donors (Lipinski definition) is 2. The van der Waals surface area contributed by atoms with Crippen molar-refractivity contribution in [2.45, 2.75) is 47.2 Å². The van der Waals surface area contributed by atoms with Crippen molar-refractivity contribution in [3.05, 3.63) is 0 Å². The standard InChI is InChI=1S/C8H2F14O2/c9-1(7(19,20)23)3(11,12)5(15,16)2(10,8(21,22)24)6(17,18)4(1,13)14/h23-24H. The highest BCUT2D eigenvalue weighted by atomic mass is 19.4. The number of halogens is 14. The third kappa shape index (κ3) is 1.65. The van der Waals surface area contributed by atoms with E-state index in [-0.39, 0.29) is 0 Å². The first-order valence-electron chi connectivity index (χ1n) is 5.09. The Labute approximate surface area is 120 Å². The topological polar surface area (TPSA) is 40.5 Å². The Hall–Kier alpha value is -1.06. The lowest BCUT2D eigenvalue weighted by Crippen LogP contribution is -2.90. The maximum Gasteiger partial charge on any atom is 0.400 e. The monoisotopic (exact) mass is 396 g/mol. The first-order valence-corrected chi connectivity index (χ1v) is 5.09. The molecule has 144 valence electrons. The first kappa shape index (κ1) is 21.0. The minimum Gasteiger partial charge on any atom is -0.333 e. The summed E-state index contributed by atoms with van der Waals surface area (Å²) < 4.78 is 181. The molecule has 0 spiro atoms. The summed E-state index contributed by atoms with van der Waals surface area (Å²) in [6, 6.07) is 0. The van der Waals surface area contributed by atoms with Crippen molar-refractivity contribution in [1.29, 1.82) is 0 Å². The maximum atomic E-state index is 13.4. The lowest BCUT2D eigenvalue weighted by atomic mass is 9.65. The molecular formula is C8H2F14O2. The number of aliphatic hydroxyl groups is 2. The van der Waals surface area contributed by atoms with Crippen molar-refractivity contribution in [3.63, 3.8) is 0 Å².